The zero-order valence-electron chi connectivity index (χ0n) is 11.7. The number of hydrogen-bond donors (Lipinski definition) is 1. The monoisotopic (exact) mass is 352 g/mol. The van der Waals surface area contributed by atoms with Crippen LogP contribution in [-0.2, 0) is 0 Å². The molecule has 3 rings (SSSR count). The molecule has 2 aromatic carbocycles. The molecule has 0 aliphatic carbocycles. The maximum atomic E-state index is 12.4. The Kier molecular flexibility index (Phi) is 4.81. The van der Waals surface area contributed by atoms with Gasteiger partial charge in [0.2, 0.25) is 0 Å². The van der Waals surface area contributed by atoms with Crippen molar-refractivity contribution >= 4 is 52.4 Å². The van der Waals surface area contributed by atoms with Gasteiger partial charge < -0.3 is 9.62 Å². The maximum Gasteiger partial charge on any atom is 0.257 e. The fourth-order valence-electron chi connectivity index (χ4n) is 2.26. The lowest BCUT2D eigenvalue weighted by atomic mass is 10.1. The number of amides is 1. The van der Waals surface area contributed by atoms with Crippen molar-refractivity contribution in [2.75, 3.05) is 21.9 Å². The maximum absolute atomic E-state index is 12.4. The molecule has 0 bridgehead atoms. The molecule has 2 aromatic rings. The Balaban J connectivity index is 1.83. The van der Waals surface area contributed by atoms with E-state index in [1.165, 1.54) is 0 Å². The molecular formula is C16H14Cl2N2OS. The van der Waals surface area contributed by atoms with E-state index in [1.54, 1.807) is 42.3 Å². The molecule has 0 radical (unpaired) electrons. The molecule has 1 amide bonds. The van der Waals surface area contributed by atoms with E-state index in [1.807, 2.05) is 12.1 Å². The molecule has 1 fully saturated rings. The molecule has 22 heavy (non-hydrogen) atoms. The smallest absolute Gasteiger partial charge is 0.257 e. The van der Waals surface area contributed by atoms with Crippen LogP contribution in [0.25, 0.3) is 0 Å². The number of carbonyl (C=O) groups excluding carboxylic acids is 1. The summed E-state index contributed by atoms with van der Waals surface area (Å²) in [6.45, 7) is 0.988. The first-order valence-electron chi connectivity index (χ1n) is 6.90. The van der Waals surface area contributed by atoms with Crippen LogP contribution < -0.4 is 9.62 Å². The van der Waals surface area contributed by atoms with Gasteiger partial charge in [0.15, 0.2) is 0 Å². The minimum Gasteiger partial charge on any atom is -0.322 e. The van der Waals surface area contributed by atoms with E-state index in [0.29, 0.717) is 21.3 Å². The van der Waals surface area contributed by atoms with Crippen molar-refractivity contribution in [2.24, 2.45) is 0 Å². The lowest BCUT2D eigenvalue weighted by Crippen LogP contribution is -2.14. The summed E-state index contributed by atoms with van der Waals surface area (Å²) >= 11 is 13.9. The number of rotatable bonds is 3. The van der Waals surface area contributed by atoms with Crippen molar-refractivity contribution in [3.63, 3.8) is 0 Å². The molecule has 0 saturated carbocycles. The number of nitrogens with zero attached hydrogens (tertiary/aromatic N) is 1. The van der Waals surface area contributed by atoms with Gasteiger partial charge in [-0.1, -0.05) is 29.3 Å². The predicted molar refractivity (Wildman–Crippen MR) is 95.3 cm³/mol. The Morgan fingerprint density at radius 1 is 1.18 bits per heavy atom. The second kappa shape index (κ2) is 6.82. The van der Waals surface area contributed by atoms with E-state index >= 15 is 0 Å². The standard InChI is InChI=1S/C16H14Cl2N2OS/c17-11-3-1-4-12(9-11)19-16(21)14-10-13(5-6-15(14)18)20-7-2-8-22-20/h1,3-6,9-10H,2,7-8H2,(H,19,21). The van der Waals surface area contributed by atoms with Gasteiger partial charge in [-0.15, -0.1) is 0 Å². The van der Waals surface area contributed by atoms with Crippen LogP contribution in [0.1, 0.15) is 16.8 Å². The van der Waals surface area contributed by atoms with Crippen molar-refractivity contribution in [1.29, 1.82) is 0 Å². The van der Waals surface area contributed by atoms with Crippen LogP contribution in [-0.4, -0.2) is 18.2 Å². The van der Waals surface area contributed by atoms with Gasteiger partial charge >= 0.3 is 0 Å². The fourth-order valence-corrected chi connectivity index (χ4v) is 3.65. The SMILES string of the molecule is O=C(Nc1cccc(Cl)c1)c1cc(N2CCCS2)ccc1Cl. The first-order valence-corrected chi connectivity index (χ1v) is 8.60. The average Bonchev–Trinajstić information content (AvgIpc) is 3.02. The van der Waals surface area contributed by atoms with Crippen molar-refractivity contribution in [2.45, 2.75) is 6.42 Å². The van der Waals surface area contributed by atoms with Gasteiger partial charge in [-0.25, -0.2) is 0 Å². The number of hydrogen-bond acceptors (Lipinski definition) is 3. The molecule has 3 nitrogen and oxygen atoms in total. The van der Waals surface area contributed by atoms with Gasteiger partial charge in [0.25, 0.3) is 5.91 Å². The first kappa shape index (κ1) is 15.5. The Hall–Kier alpha value is -1.36. The van der Waals surface area contributed by atoms with E-state index < -0.39 is 0 Å². The first-order chi connectivity index (χ1) is 10.6. The molecule has 0 atom stereocenters. The van der Waals surface area contributed by atoms with Gasteiger partial charge in [-0.05, 0) is 54.8 Å². The van der Waals surface area contributed by atoms with Gasteiger partial charge in [0, 0.05) is 28.7 Å². The molecule has 1 heterocycles. The zero-order chi connectivity index (χ0) is 15.5. The summed E-state index contributed by atoms with van der Waals surface area (Å²) in [4.78, 5) is 12.4. The largest absolute Gasteiger partial charge is 0.322 e. The highest BCUT2D eigenvalue weighted by Gasteiger charge is 2.17. The van der Waals surface area contributed by atoms with Crippen molar-refractivity contribution in [1.82, 2.24) is 0 Å². The van der Waals surface area contributed by atoms with Crippen LogP contribution in [0.2, 0.25) is 10.0 Å². The highest BCUT2D eigenvalue weighted by molar-refractivity contribution is 8.00. The van der Waals surface area contributed by atoms with E-state index in [2.05, 4.69) is 9.62 Å². The molecule has 0 unspecified atom stereocenters. The molecule has 1 aliphatic rings. The quantitative estimate of drug-likeness (QED) is 0.779. The lowest BCUT2D eigenvalue weighted by molar-refractivity contribution is 0.102. The third-order valence-electron chi connectivity index (χ3n) is 3.32. The number of halogens is 2. The van der Waals surface area contributed by atoms with Crippen molar-refractivity contribution < 1.29 is 4.79 Å². The average molecular weight is 353 g/mol. The minimum absolute atomic E-state index is 0.238. The van der Waals surface area contributed by atoms with Gasteiger partial charge in [0.1, 0.15) is 0 Å². The molecule has 1 saturated heterocycles. The van der Waals surface area contributed by atoms with Crippen molar-refractivity contribution in [3.8, 4) is 0 Å². The molecule has 6 heteroatoms. The summed E-state index contributed by atoms with van der Waals surface area (Å²) in [5, 5.41) is 3.84. The summed E-state index contributed by atoms with van der Waals surface area (Å²) in [6.07, 6.45) is 1.15. The molecule has 0 aromatic heterocycles. The zero-order valence-corrected chi connectivity index (χ0v) is 14.0. The Morgan fingerprint density at radius 3 is 2.77 bits per heavy atom. The molecular weight excluding hydrogens is 339 g/mol. The van der Waals surface area contributed by atoms with Crippen LogP contribution in [0.5, 0.6) is 0 Å². The summed E-state index contributed by atoms with van der Waals surface area (Å²) < 4.78 is 2.19. The third kappa shape index (κ3) is 3.51. The van der Waals surface area contributed by atoms with Gasteiger partial charge in [-0.3, -0.25) is 4.79 Å². The van der Waals surface area contributed by atoms with E-state index in [0.717, 1.165) is 24.4 Å². The van der Waals surface area contributed by atoms with Crippen LogP contribution in [0.3, 0.4) is 0 Å². The van der Waals surface area contributed by atoms with Crippen LogP contribution >= 0.6 is 35.1 Å². The van der Waals surface area contributed by atoms with Crippen LogP contribution in [0.15, 0.2) is 42.5 Å². The highest BCUT2D eigenvalue weighted by atomic mass is 35.5. The lowest BCUT2D eigenvalue weighted by Gasteiger charge is -2.17. The second-order valence-corrected chi connectivity index (χ2v) is 6.87. The fraction of sp³-hybridized carbons (Fsp3) is 0.188. The number of nitrogens with one attached hydrogen (secondary N) is 1. The summed E-state index contributed by atoms with van der Waals surface area (Å²) in [5.74, 6) is 0.866. The topological polar surface area (TPSA) is 32.3 Å². The van der Waals surface area contributed by atoms with Crippen LogP contribution in [0, 0.1) is 0 Å². The number of carbonyl (C=O) groups is 1. The highest BCUT2D eigenvalue weighted by Crippen LogP contribution is 2.31. The molecule has 1 aliphatic heterocycles. The minimum atomic E-state index is -0.238. The molecule has 1 N–H and O–H groups in total. The van der Waals surface area contributed by atoms with E-state index in [-0.39, 0.29) is 5.91 Å². The predicted octanol–water partition coefficient (Wildman–Crippen LogP) is 5.10. The van der Waals surface area contributed by atoms with E-state index in [9.17, 15) is 4.79 Å². The Morgan fingerprint density at radius 2 is 2.05 bits per heavy atom. The van der Waals surface area contributed by atoms with Gasteiger partial charge in [0.05, 0.1) is 10.6 Å². The number of anilines is 2. The van der Waals surface area contributed by atoms with Crippen LogP contribution in [0.4, 0.5) is 11.4 Å². The summed E-state index contributed by atoms with van der Waals surface area (Å²) in [5.41, 5.74) is 2.12. The summed E-state index contributed by atoms with van der Waals surface area (Å²) in [6, 6.07) is 12.6. The third-order valence-corrected chi connectivity index (χ3v) is 5.06. The number of benzene rings is 2. The normalized spacial score (nSPS) is 14.2. The Labute approximate surface area is 143 Å². The molecule has 114 valence electrons. The summed E-state index contributed by atoms with van der Waals surface area (Å²) in [7, 11) is 0. The van der Waals surface area contributed by atoms with Crippen molar-refractivity contribution in [3.05, 3.63) is 58.1 Å². The second-order valence-electron chi connectivity index (χ2n) is 4.92. The Bertz CT molecular complexity index is 702. The molecule has 0 spiro atoms. The van der Waals surface area contributed by atoms with E-state index in [4.69, 9.17) is 23.2 Å². The van der Waals surface area contributed by atoms with Gasteiger partial charge in [-0.2, -0.15) is 0 Å².